The second kappa shape index (κ2) is 6.57. The van der Waals surface area contributed by atoms with Crippen LogP contribution in [0.25, 0.3) is 0 Å². The van der Waals surface area contributed by atoms with Gasteiger partial charge in [0.25, 0.3) is 0 Å². The molecule has 0 saturated heterocycles. The molecule has 0 unspecified atom stereocenters. The first kappa shape index (κ1) is 16.7. The van der Waals surface area contributed by atoms with Crippen LogP contribution in [-0.4, -0.2) is 23.9 Å². The van der Waals surface area contributed by atoms with E-state index in [2.05, 4.69) is 10.6 Å². The molecule has 0 bridgehead atoms. The van der Waals surface area contributed by atoms with Gasteiger partial charge in [0.05, 0.1) is 0 Å². The summed E-state index contributed by atoms with van der Waals surface area (Å²) in [6.07, 6.45) is 1.77. The van der Waals surface area contributed by atoms with Gasteiger partial charge in [0.1, 0.15) is 0 Å². The first-order valence-corrected chi connectivity index (χ1v) is 6.34. The molecule has 1 atom stereocenters. The van der Waals surface area contributed by atoms with Crippen molar-refractivity contribution in [1.82, 2.24) is 10.6 Å². The Morgan fingerprint density at radius 3 is 1.94 bits per heavy atom. The van der Waals surface area contributed by atoms with Crippen LogP contribution in [0.1, 0.15) is 48.5 Å². The van der Waals surface area contributed by atoms with Crippen molar-refractivity contribution in [3.63, 3.8) is 0 Å². The molecule has 0 aliphatic rings. The highest BCUT2D eigenvalue weighted by Crippen LogP contribution is 2.13. The molecule has 4 heteroatoms. The Morgan fingerprint density at radius 1 is 1.06 bits per heavy atom. The predicted octanol–water partition coefficient (Wildman–Crippen LogP) is 2.01. The van der Waals surface area contributed by atoms with Crippen molar-refractivity contribution in [3.8, 4) is 0 Å². The molecular formula is C14H26N2O2. The lowest BCUT2D eigenvalue weighted by atomic mass is 9.95. The van der Waals surface area contributed by atoms with Gasteiger partial charge in [-0.3, -0.25) is 9.59 Å². The Bertz CT molecular complexity index is 338. The molecule has 0 aliphatic heterocycles. The maximum atomic E-state index is 11.8. The number of amides is 2. The Kier molecular flexibility index (Phi) is 6.09. The molecule has 0 spiro atoms. The van der Waals surface area contributed by atoms with E-state index >= 15 is 0 Å². The molecule has 104 valence electrons. The maximum Gasteiger partial charge on any atom is 0.246 e. The lowest BCUT2D eigenvalue weighted by Crippen LogP contribution is -2.40. The molecule has 2 amide bonds. The van der Waals surface area contributed by atoms with E-state index in [1.165, 1.54) is 0 Å². The molecule has 0 aliphatic carbocycles. The SMILES string of the molecule is C/C(=C\[C@H](C)NC(=O)C(C)(C)C)C(=O)NC(C)C. The van der Waals surface area contributed by atoms with Crippen LogP contribution >= 0.6 is 0 Å². The highest BCUT2D eigenvalue weighted by molar-refractivity contribution is 5.93. The third-order valence-corrected chi connectivity index (χ3v) is 2.32. The Hall–Kier alpha value is -1.32. The summed E-state index contributed by atoms with van der Waals surface area (Å²) in [4.78, 5) is 23.4. The summed E-state index contributed by atoms with van der Waals surface area (Å²) in [6, 6.07) is -0.0463. The summed E-state index contributed by atoms with van der Waals surface area (Å²) in [5.41, 5.74) is 0.196. The molecule has 0 rings (SSSR count). The molecule has 4 nitrogen and oxygen atoms in total. The monoisotopic (exact) mass is 254 g/mol. The van der Waals surface area contributed by atoms with Gasteiger partial charge < -0.3 is 10.6 Å². The largest absolute Gasteiger partial charge is 0.350 e. The van der Waals surface area contributed by atoms with Crippen LogP contribution in [0.5, 0.6) is 0 Å². The van der Waals surface area contributed by atoms with Crippen molar-refractivity contribution in [2.75, 3.05) is 0 Å². The van der Waals surface area contributed by atoms with Gasteiger partial charge >= 0.3 is 0 Å². The third kappa shape index (κ3) is 6.42. The second-order valence-electron chi connectivity index (χ2n) is 5.99. The van der Waals surface area contributed by atoms with Gasteiger partial charge in [-0.25, -0.2) is 0 Å². The minimum atomic E-state index is -0.420. The number of carbonyl (C=O) groups excluding carboxylic acids is 2. The molecule has 0 heterocycles. The smallest absolute Gasteiger partial charge is 0.246 e. The van der Waals surface area contributed by atoms with Crippen LogP contribution in [-0.2, 0) is 9.59 Å². The number of nitrogens with one attached hydrogen (secondary N) is 2. The molecule has 18 heavy (non-hydrogen) atoms. The van der Waals surface area contributed by atoms with E-state index in [0.29, 0.717) is 5.57 Å². The first-order chi connectivity index (χ1) is 8.04. The van der Waals surface area contributed by atoms with Gasteiger partial charge in [-0.05, 0) is 27.7 Å². The van der Waals surface area contributed by atoms with Crippen molar-refractivity contribution >= 4 is 11.8 Å². The summed E-state index contributed by atoms with van der Waals surface area (Å²) in [5.74, 6) is -0.120. The summed E-state index contributed by atoms with van der Waals surface area (Å²) in [7, 11) is 0. The van der Waals surface area contributed by atoms with Crippen molar-refractivity contribution in [2.24, 2.45) is 5.41 Å². The molecule has 0 aromatic heterocycles. The van der Waals surface area contributed by atoms with Crippen molar-refractivity contribution in [3.05, 3.63) is 11.6 Å². The summed E-state index contributed by atoms with van der Waals surface area (Å²) in [6.45, 7) is 13.0. The minimum Gasteiger partial charge on any atom is -0.350 e. The summed E-state index contributed by atoms with van der Waals surface area (Å²) >= 11 is 0. The normalized spacial score (nSPS) is 14.3. The van der Waals surface area contributed by atoms with E-state index in [-0.39, 0.29) is 23.9 Å². The molecule has 0 fully saturated rings. The lowest BCUT2D eigenvalue weighted by molar-refractivity contribution is -0.128. The fraction of sp³-hybridized carbons (Fsp3) is 0.714. The van der Waals surface area contributed by atoms with E-state index < -0.39 is 5.41 Å². The minimum absolute atomic E-state index is 0.0247. The zero-order valence-corrected chi connectivity index (χ0v) is 12.5. The Balaban J connectivity index is 4.50. The molecule has 0 aromatic carbocycles. The Labute approximate surface area is 110 Å². The van der Waals surface area contributed by atoms with Crippen LogP contribution in [0.15, 0.2) is 11.6 Å². The van der Waals surface area contributed by atoms with Crippen LogP contribution in [0.3, 0.4) is 0 Å². The highest BCUT2D eigenvalue weighted by atomic mass is 16.2. The van der Waals surface area contributed by atoms with Gasteiger partial charge in [-0.1, -0.05) is 26.8 Å². The number of hydrogen-bond acceptors (Lipinski definition) is 2. The van der Waals surface area contributed by atoms with Crippen molar-refractivity contribution < 1.29 is 9.59 Å². The lowest BCUT2D eigenvalue weighted by Gasteiger charge is -2.20. The van der Waals surface area contributed by atoms with Gasteiger partial charge in [-0.2, -0.15) is 0 Å². The topological polar surface area (TPSA) is 58.2 Å². The zero-order chi connectivity index (χ0) is 14.5. The molecule has 0 aromatic rings. The van der Waals surface area contributed by atoms with Crippen LogP contribution in [0, 0.1) is 5.41 Å². The van der Waals surface area contributed by atoms with Crippen LogP contribution in [0.4, 0.5) is 0 Å². The fourth-order valence-electron chi connectivity index (χ4n) is 1.29. The zero-order valence-electron chi connectivity index (χ0n) is 12.5. The molecule has 2 N–H and O–H groups in total. The molecule has 0 radical (unpaired) electrons. The predicted molar refractivity (Wildman–Crippen MR) is 74.1 cm³/mol. The average Bonchev–Trinajstić information content (AvgIpc) is 2.14. The number of carbonyl (C=O) groups is 2. The van der Waals surface area contributed by atoms with E-state index in [1.54, 1.807) is 13.0 Å². The highest BCUT2D eigenvalue weighted by Gasteiger charge is 2.22. The van der Waals surface area contributed by atoms with Crippen molar-refractivity contribution in [1.29, 1.82) is 0 Å². The number of hydrogen-bond donors (Lipinski definition) is 2. The van der Waals surface area contributed by atoms with Crippen LogP contribution < -0.4 is 10.6 Å². The van der Waals surface area contributed by atoms with Gasteiger partial charge in [-0.15, -0.1) is 0 Å². The standard InChI is InChI=1S/C14H26N2O2/c1-9(2)15-12(17)10(3)8-11(4)16-13(18)14(5,6)7/h8-9,11H,1-7H3,(H,15,17)(H,16,18)/b10-8+/t11-/m0/s1. The first-order valence-electron chi connectivity index (χ1n) is 6.34. The van der Waals surface area contributed by atoms with E-state index in [0.717, 1.165) is 0 Å². The quantitative estimate of drug-likeness (QED) is 0.754. The van der Waals surface area contributed by atoms with Crippen molar-refractivity contribution in [2.45, 2.75) is 60.5 Å². The van der Waals surface area contributed by atoms with E-state index in [4.69, 9.17) is 0 Å². The third-order valence-electron chi connectivity index (χ3n) is 2.32. The fourth-order valence-corrected chi connectivity index (χ4v) is 1.29. The van der Waals surface area contributed by atoms with E-state index in [1.807, 2.05) is 41.5 Å². The Morgan fingerprint density at radius 2 is 1.56 bits per heavy atom. The van der Waals surface area contributed by atoms with Gasteiger partial charge in [0, 0.05) is 23.1 Å². The van der Waals surface area contributed by atoms with Crippen LogP contribution in [0.2, 0.25) is 0 Å². The molecular weight excluding hydrogens is 228 g/mol. The van der Waals surface area contributed by atoms with Gasteiger partial charge in [0.2, 0.25) is 11.8 Å². The average molecular weight is 254 g/mol. The maximum absolute atomic E-state index is 11.8. The van der Waals surface area contributed by atoms with Gasteiger partial charge in [0.15, 0.2) is 0 Å². The van der Waals surface area contributed by atoms with E-state index in [9.17, 15) is 9.59 Å². The molecule has 0 saturated carbocycles. The second-order valence-corrected chi connectivity index (χ2v) is 5.99. The number of rotatable bonds is 4. The summed E-state index contributed by atoms with van der Waals surface area (Å²) < 4.78 is 0. The summed E-state index contributed by atoms with van der Waals surface area (Å²) in [5, 5.41) is 5.68.